The molecule has 5 nitrogen and oxygen atoms in total. The molecule has 7 heteroatoms. The first-order valence-electron chi connectivity index (χ1n) is 7.61. The van der Waals surface area contributed by atoms with Crippen LogP contribution in [0.1, 0.15) is 18.9 Å². The average molecular weight is 342 g/mol. The number of nitrogens with zero attached hydrogens (tertiary/aromatic N) is 2. The van der Waals surface area contributed by atoms with E-state index in [0.29, 0.717) is 13.0 Å². The van der Waals surface area contributed by atoms with Crippen molar-refractivity contribution in [2.45, 2.75) is 32.0 Å². The fourth-order valence-corrected chi connectivity index (χ4v) is 4.53. The van der Waals surface area contributed by atoms with Gasteiger partial charge in [-0.1, -0.05) is 12.1 Å². The second-order valence-electron chi connectivity index (χ2n) is 6.22. The third-order valence-corrected chi connectivity index (χ3v) is 6.22. The molecule has 1 amide bonds. The van der Waals surface area contributed by atoms with Crippen molar-refractivity contribution in [3.8, 4) is 0 Å². The van der Waals surface area contributed by atoms with E-state index in [1.807, 2.05) is 11.9 Å². The quantitative estimate of drug-likeness (QED) is 0.809. The molecule has 1 saturated heterocycles. The molecule has 0 aromatic heterocycles. The van der Waals surface area contributed by atoms with Crippen molar-refractivity contribution >= 4 is 15.7 Å². The number of carbonyl (C=O) groups is 1. The number of hydrogen-bond donors (Lipinski definition) is 0. The van der Waals surface area contributed by atoms with Crippen molar-refractivity contribution in [1.29, 1.82) is 0 Å². The zero-order valence-electron chi connectivity index (χ0n) is 13.7. The van der Waals surface area contributed by atoms with Crippen LogP contribution in [0.5, 0.6) is 0 Å². The maximum absolute atomic E-state index is 12.9. The molecule has 1 aliphatic rings. The summed E-state index contributed by atoms with van der Waals surface area (Å²) < 4.78 is 36.1. The van der Waals surface area contributed by atoms with Gasteiger partial charge in [-0.25, -0.2) is 12.8 Å². The van der Waals surface area contributed by atoms with Gasteiger partial charge in [-0.3, -0.25) is 9.69 Å². The standard InChI is InChI=1S/C16H23FN2O3S/c1-12(18(2)10-13-4-6-14(17)7-5-13)16(20)19(3)15-8-9-23(21,22)11-15/h4-7,12,15H,8-11H2,1-3H3/t12-,15+/m0/s1. The van der Waals surface area contributed by atoms with Crippen LogP contribution in [0.3, 0.4) is 0 Å². The molecule has 2 atom stereocenters. The van der Waals surface area contributed by atoms with Crippen molar-refractivity contribution in [2.24, 2.45) is 0 Å². The molecule has 23 heavy (non-hydrogen) atoms. The lowest BCUT2D eigenvalue weighted by Crippen LogP contribution is -2.48. The number of amides is 1. The summed E-state index contributed by atoms with van der Waals surface area (Å²) in [5, 5.41) is 0. The van der Waals surface area contributed by atoms with Gasteiger partial charge in [0.25, 0.3) is 0 Å². The molecule has 0 bridgehead atoms. The Morgan fingerprint density at radius 3 is 2.43 bits per heavy atom. The topological polar surface area (TPSA) is 57.7 Å². The van der Waals surface area contributed by atoms with Crippen LogP contribution in [0.15, 0.2) is 24.3 Å². The fraction of sp³-hybridized carbons (Fsp3) is 0.562. The smallest absolute Gasteiger partial charge is 0.239 e. The summed E-state index contributed by atoms with van der Waals surface area (Å²) in [7, 11) is 0.472. The van der Waals surface area contributed by atoms with Gasteiger partial charge in [0, 0.05) is 19.6 Å². The fourth-order valence-electron chi connectivity index (χ4n) is 2.76. The molecular formula is C16H23FN2O3S. The number of halogens is 1. The number of sulfone groups is 1. The van der Waals surface area contributed by atoms with E-state index in [4.69, 9.17) is 0 Å². The van der Waals surface area contributed by atoms with Gasteiger partial charge in [0.15, 0.2) is 9.84 Å². The van der Waals surface area contributed by atoms with Crippen LogP contribution in [0, 0.1) is 5.82 Å². The number of likely N-dealkylation sites (N-methyl/N-ethyl adjacent to an activating group) is 2. The maximum Gasteiger partial charge on any atom is 0.239 e. The lowest BCUT2D eigenvalue weighted by atomic mass is 10.1. The van der Waals surface area contributed by atoms with Crippen LogP contribution in [0.4, 0.5) is 4.39 Å². The minimum absolute atomic E-state index is 0.0453. The third-order valence-electron chi connectivity index (χ3n) is 4.47. The molecular weight excluding hydrogens is 319 g/mol. The Hall–Kier alpha value is -1.47. The summed E-state index contributed by atoms with van der Waals surface area (Å²) in [4.78, 5) is 16.0. The highest BCUT2D eigenvalue weighted by atomic mass is 32.2. The molecule has 1 fully saturated rings. The monoisotopic (exact) mass is 342 g/mol. The number of carbonyl (C=O) groups excluding carboxylic acids is 1. The van der Waals surface area contributed by atoms with E-state index in [0.717, 1.165) is 5.56 Å². The van der Waals surface area contributed by atoms with E-state index in [1.54, 1.807) is 31.0 Å². The Bertz CT molecular complexity index is 660. The lowest BCUT2D eigenvalue weighted by Gasteiger charge is -2.31. The summed E-state index contributed by atoms with van der Waals surface area (Å²) in [5.41, 5.74) is 0.916. The second kappa shape index (κ2) is 6.97. The van der Waals surface area contributed by atoms with Gasteiger partial charge in [-0.05, 0) is 38.1 Å². The zero-order chi connectivity index (χ0) is 17.2. The first-order chi connectivity index (χ1) is 10.7. The van der Waals surface area contributed by atoms with Crippen molar-refractivity contribution in [2.75, 3.05) is 25.6 Å². The van der Waals surface area contributed by atoms with E-state index >= 15 is 0 Å². The lowest BCUT2D eigenvalue weighted by molar-refractivity contribution is -0.136. The molecule has 0 N–H and O–H groups in total. The molecule has 0 radical (unpaired) electrons. The summed E-state index contributed by atoms with van der Waals surface area (Å²) >= 11 is 0. The van der Waals surface area contributed by atoms with Gasteiger partial charge in [0.05, 0.1) is 17.5 Å². The van der Waals surface area contributed by atoms with Gasteiger partial charge >= 0.3 is 0 Å². The van der Waals surface area contributed by atoms with Gasteiger partial charge < -0.3 is 4.90 Å². The molecule has 0 aliphatic carbocycles. The summed E-state index contributed by atoms with van der Waals surface area (Å²) in [5.74, 6) is -0.196. The first-order valence-corrected chi connectivity index (χ1v) is 9.43. The van der Waals surface area contributed by atoms with Crippen LogP contribution < -0.4 is 0 Å². The minimum Gasteiger partial charge on any atom is -0.340 e. The summed E-state index contributed by atoms with van der Waals surface area (Å²) in [6.45, 7) is 2.32. The highest BCUT2D eigenvalue weighted by molar-refractivity contribution is 7.91. The van der Waals surface area contributed by atoms with Gasteiger partial charge in [-0.2, -0.15) is 0 Å². The predicted octanol–water partition coefficient (Wildman–Crippen LogP) is 1.29. The van der Waals surface area contributed by atoms with Crippen LogP contribution in [0.25, 0.3) is 0 Å². The van der Waals surface area contributed by atoms with E-state index < -0.39 is 9.84 Å². The number of hydrogen-bond acceptors (Lipinski definition) is 4. The molecule has 2 rings (SSSR count). The van der Waals surface area contributed by atoms with Crippen LogP contribution in [-0.2, 0) is 21.2 Å². The van der Waals surface area contributed by atoms with Crippen LogP contribution in [0.2, 0.25) is 0 Å². The van der Waals surface area contributed by atoms with Crippen LogP contribution in [-0.4, -0.2) is 61.8 Å². The molecule has 0 spiro atoms. The molecule has 1 aromatic rings. The normalized spacial score (nSPS) is 21.3. The summed E-state index contributed by atoms with van der Waals surface area (Å²) in [6.07, 6.45) is 0.499. The average Bonchev–Trinajstić information content (AvgIpc) is 2.87. The third kappa shape index (κ3) is 4.51. The highest BCUT2D eigenvalue weighted by Gasteiger charge is 2.34. The molecule has 1 aliphatic heterocycles. The van der Waals surface area contributed by atoms with Gasteiger partial charge in [0.2, 0.25) is 5.91 Å². The van der Waals surface area contributed by atoms with E-state index in [1.165, 1.54) is 12.1 Å². The molecule has 1 heterocycles. The zero-order valence-corrected chi connectivity index (χ0v) is 14.5. The first kappa shape index (κ1) is 17.9. The van der Waals surface area contributed by atoms with E-state index in [9.17, 15) is 17.6 Å². The Balaban J connectivity index is 1.96. The highest BCUT2D eigenvalue weighted by Crippen LogP contribution is 2.18. The van der Waals surface area contributed by atoms with Crippen molar-refractivity contribution in [3.05, 3.63) is 35.6 Å². The van der Waals surface area contributed by atoms with Crippen LogP contribution >= 0.6 is 0 Å². The number of benzene rings is 1. The largest absolute Gasteiger partial charge is 0.340 e. The summed E-state index contributed by atoms with van der Waals surface area (Å²) in [6, 6.07) is 5.55. The molecule has 1 aromatic carbocycles. The minimum atomic E-state index is -3.02. The van der Waals surface area contributed by atoms with E-state index in [2.05, 4.69) is 0 Å². The molecule has 128 valence electrons. The Morgan fingerprint density at radius 2 is 1.91 bits per heavy atom. The Labute approximate surface area is 137 Å². The number of rotatable bonds is 5. The van der Waals surface area contributed by atoms with Crippen molar-refractivity contribution in [1.82, 2.24) is 9.80 Å². The van der Waals surface area contributed by atoms with Gasteiger partial charge in [0.1, 0.15) is 5.82 Å². The SMILES string of the molecule is C[C@@H](C(=O)N(C)[C@@H]1CCS(=O)(=O)C1)N(C)Cc1ccc(F)cc1. The van der Waals surface area contributed by atoms with Crippen molar-refractivity contribution in [3.63, 3.8) is 0 Å². The molecule has 0 unspecified atom stereocenters. The van der Waals surface area contributed by atoms with E-state index in [-0.39, 0.29) is 35.3 Å². The molecule has 0 saturated carbocycles. The Morgan fingerprint density at radius 1 is 1.30 bits per heavy atom. The van der Waals surface area contributed by atoms with Crippen molar-refractivity contribution < 1.29 is 17.6 Å². The Kier molecular flexibility index (Phi) is 5.41. The van der Waals surface area contributed by atoms with Gasteiger partial charge in [-0.15, -0.1) is 0 Å². The predicted molar refractivity (Wildman–Crippen MR) is 87.2 cm³/mol. The maximum atomic E-state index is 12.9. The second-order valence-corrected chi connectivity index (χ2v) is 8.45.